The van der Waals surface area contributed by atoms with Gasteiger partial charge in [0.1, 0.15) is 5.65 Å². The highest BCUT2D eigenvalue weighted by Crippen LogP contribution is 2.15. The lowest BCUT2D eigenvalue weighted by Gasteiger charge is -2.15. The minimum Gasteiger partial charge on any atom is -0.389 e. The van der Waals surface area contributed by atoms with E-state index in [1.54, 1.807) is 15.1 Å². The highest BCUT2D eigenvalue weighted by molar-refractivity contribution is 5.80. The number of ether oxygens (including phenoxy) is 1. The Labute approximate surface area is 156 Å². The fraction of sp³-hybridized carbons (Fsp3) is 0.238. The van der Waals surface area contributed by atoms with E-state index in [4.69, 9.17) is 4.74 Å². The molecule has 0 bridgehead atoms. The largest absolute Gasteiger partial charge is 0.389 e. The van der Waals surface area contributed by atoms with Crippen molar-refractivity contribution in [1.82, 2.24) is 14.2 Å². The molecule has 0 aliphatic rings. The van der Waals surface area contributed by atoms with E-state index in [2.05, 4.69) is 5.10 Å². The first kappa shape index (κ1) is 17.5. The zero-order valence-electron chi connectivity index (χ0n) is 15.1. The molecule has 0 saturated carbocycles. The van der Waals surface area contributed by atoms with Crippen molar-refractivity contribution in [1.29, 1.82) is 0 Å². The summed E-state index contributed by atoms with van der Waals surface area (Å²) in [6.45, 7) is 2.60. The Kier molecular flexibility index (Phi) is 4.75. The van der Waals surface area contributed by atoms with Gasteiger partial charge >= 0.3 is 0 Å². The Morgan fingerprint density at radius 1 is 1.11 bits per heavy atom. The van der Waals surface area contributed by atoms with Crippen LogP contribution < -0.4 is 5.56 Å². The summed E-state index contributed by atoms with van der Waals surface area (Å²) in [6.07, 6.45) is -0.799. The van der Waals surface area contributed by atoms with E-state index < -0.39 is 6.10 Å². The van der Waals surface area contributed by atoms with Gasteiger partial charge in [-0.25, -0.2) is 4.52 Å². The van der Waals surface area contributed by atoms with Gasteiger partial charge in [0.25, 0.3) is 5.56 Å². The Balaban J connectivity index is 1.59. The molecule has 27 heavy (non-hydrogen) atoms. The lowest BCUT2D eigenvalue weighted by atomic mass is 10.2. The van der Waals surface area contributed by atoms with E-state index in [0.29, 0.717) is 17.6 Å². The summed E-state index contributed by atoms with van der Waals surface area (Å²) >= 11 is 0. The predicted molar refractivity (Wildman–Crippen MR) is 104 cm³/mol. The summed E-state index contributed by atoms with van der Waals surface area (Å²) in [7, 11) is 0. The number of para-hydroxylation sites is 1. The molecule has 1 N–H and O–H groups in total. The smallest absolute Gasteiger partial charge is 0.261 e. The SMILES string of the molecule is Cc1cc2n(CC(O)COCc3ccccc3)c(=O)c3ccccc3n2n1. The molecule has 0 amide bonds. The van der Waals surface area contributed by atoms with Gasteiger partial charge in [0, 0.05) is 6.07 Å². The average Bonchev–Trinajstić information content (AvgIpc) is 3.08. The molecule has 2 aromatic heterocycles. The third kappa shape index (κ3) is 3.49. The molecule has 0 spiro atoms. The number of aromatic nitrogens is 3. The van der Waals surface area contributed by atoms with Crippen molar-refractivity contribution in [3.05, 3.63) is 82.3 Å². The number of aliphatic hydroxyl groups excluding tert-OH is 1. The summed E-state index contributed by atoms with van der Waals surface area (Å²) in [5.41, 5.74) is 3.14. The number of aryl methyl sites for hydroxylation is 1. The number of hydrogen-bond donors (Lipinski definition) is 1. The first-order chi connectivity index (χ1) is 13.1. The standard InChI is InChI=1S/C21H21N3O3/c1-15-11-20-23(12-17(25)14-27-13-16-7-3-2-4-8-16)21(26)18-9-5-6-10-19(18)24(20)22-15/h2-11,17,25H,12-14H2,1H3. The van der Waals surface area contributed by atoms with Crippen LogP contribution in [0.4, 0.5) is 0 Å². The van der Waals surface area contributed by atoms with Gasteiger partial charge in [-0.1, -0.05) is 42.5 Å². The molecule has 0 aliphatic carbocycles. The summed E-state index contributed by atoms with van der Waals surface area (Å²) in [5.74, 6) is 0. The highest BCUT2D eigenvalue weighted by atomic mass is 16.5. The van der Waals surface area contributed by atoms with Gasteiger partial charge in [0.15, 0.2) is 0 Å². The molecule has 0 aliphatic heterocycles. The van der Waals surface area contributed by atoms with E-state index in [-0.39, 0.29) is 18.7 Å². The van der Waals surface area contributed by atoms with Crippen molar-refractivity contribution in [3.8, 4) is 0 Å². The van der Waals surface area contributed by atoms with Crippen molar-refractivity contribution < 1.29 is 9.84 Å². The number of benzene rings is 2. The van der Waals surface area contributed by atoms with E-state index >= 15 is 0 Å². The van der Waals surface area contributed by atoms with Gasteiger partial charge < -0.3 is 9.84 Å². The van der Waals surface area contributed by atoms with Crippen LogP contribution in [0.2, 0.25) is 0 Å². The van der Waals surface area contributed by atoms with Crippen molar-refractivity contribution in [2.45, 2.75) is 26.2 Å². The second kappa shape index (κ2) is 7.34. The van der Waals surface area contributed by atoms with Gasteiger partial charge in [0.05, 0.1) is 42.5 Å². The van der Waals surface area contributed by atoms with Crippen LogP contribution >= 0.6 is 0 Å². The monoisotopic (exact) mass is 363 g/mol. The molecule has 0 radical (unpaired) electrons. The van der Waals surface area contributed by atoms with Crippen LogP contribution in [0.5, 0.6) is 0 Å². The van der Waals surface area contributed by atoms with Gasteiger partial charge in [-0.05, 0) is 24.6 Å². The lowest BCUT2D eigenvalue weighted by Crippen LogP contribution is -2.30. The maximum atomic E-state index is 13.0. The molecule has 1 unspecified atom stereocenters. The second-order valence-electron chi connectivity index (χ2n) is 6.64. The normalized spacial score (nSPS) is 12.7. The van der Waals surface area contributed by atoms with Crippen LogP contribution in [0.25, 0.3) is 16.6 Å². The Morgan fingerprint density at radius 3 is 2.67 bits per heavy atom. The minimum absolute atomic E-state index is 0.139. The lowest BCUT2D eigenvalue weighted by molar-refractivity contribution is 0.0204. The number of hydrogen-bond acceptors (Lipinski definition) is 4. The van der Waals surface area contributed by atoms with Gasteiger partial charge in [-0.15, -0.1) is 0 Å². The first-order valence-electron chi connectivity index (χ1n) is 8.91. The summed E-state index contributed by atoms with van der Waals surface area (Å²) in [5, 5.41) is 15.5. The van der Waals surface area contributed by atoms with Gasteiger partial charge in [0.2, 0.25) is 0 Å². The second-order valence-corrected chi connectivity index (χ2v) is 6.64. The van der Waals surface area contributed by atoms with Crippen LogP contribution in [0.3, 0.4) is 0 Å². The van der Waals surface area contributed by atoms with Crippen LogP contribution in [0.1, 0.15) is 11.3 Å². The molecule has 2 aromatic carbocycles. The highest BCUT2D eigenvalue weighted by Gasteiger charge is 2.15. The first-order valence-corrected chi connectivity index (χ1v) is 8.91. The minimum atomic E-state index is -0.799. The number of aliphatic hydroxyl groups is 1. The molecular weight excluding hydrogens is 342 g/mol. The van der Waals surface area contributed by atoms with Crippen molar-refractivity contribution in [3.63, 3.8) is 0 Å². The average molecular weight is 363 g/mol. The van der Waals surface area contributed by atoms with Crippen molar-refractivity contribution in [2.24, 2.45) is 0 Å². The van der Waals surface area contributed by atoms with Crippen molar-refractivity contribution >= 4 is 16.6 Å². The van der Waals surface area contributed by atoms with Crippen LogP contribution in [0, 0.1) is 6.92 Å². The molecule has 4 rings (SSSR count). The molecule has 0 saturated heterocycles. The number of rotatable bonds is 6. The predicted octanol–water partition coefficient (Wildman–Crippen LogP) is 2.54. The topological polar surface area (TPSA) is 68.8 Å². The molecule has 1 atom stereocenters. The van der Waals surface area contributed by atoms with Crippen LogP contribution in [-0.2, 0) is 17.9 Å². The Morgan fingerprint density at radius 2 is 1.85 bits per heavy atom. The van der Waals surface area contributed by atoms with Gasteiger partial charge in [-0.2, -0.15) is 5.10 Å². The van der Waals surface area contributed by atoms with Gasteiger partial charge in [-0.3, -0.25) is 9.36 Å². The Hall–Kier alpha value is -2.96. The molecule has 2 heterocycles. The molecule has 6 heteroatoms. The molecule has 6 nitrogen and oxygen atoms in total. The third-order valence-electron chi connectivity index (χ3n) is 4.51. The third-order valence-corrected chi connectivity index (χ3v) is 4.51. The maximum Gasteiger partial charge on any atom is 0.261 e. The summed E-state index contributed by atoms with van der Waals surface area (Å²) < 4.78 is 8.93. The van der Waals surface area contributed by atoms with E-state index in [0.717, 1.165) is 16.8 Å². The Bertz CT molecular complexity index is 1130. The maximum absolute atomic E-state index is 13.0. The van der Waals surface area contributed by atoms with Crippen molar-refractivity contribution in [2.75, 3.05) is 6.61 Å². The number of nitrogens with zero attached hydrogens (tertiary/aromatic N) is 3. The zero-order valence-corrected chi connectivity index (χ0v) is 15.1. The van der Waals surface area contributed by atoms with Crippen LogP contribution in [-0.4, -0.2) is 32.0 Å². The summed E-state index contributed by atoms with van der Waals surface area (Å²) in [4.78, 5) is 13.0. The van der Waals surface area contributed by atoms with E-state index in [1.165, 1.54) is 0 Å². The van der Waals surface area contributed by atoms with E-state index in [1.807, 2.05) is 61.5 Å². The molecule has 138 valence electrons. The number of fused-ring (bicyclic) bond motifs is 3. The molecular formula is C21H21N3O3. The van der Waals surface area contributed by atoms with Crippen LogP contribution in [0.15, 0.2) is 65.5 Å². The zero-order chi connectivity index (χ0) is 18.8. The fourth-order valence-electron chi connectivity index (χ4n) is 3.27. The quantitative estimate of drug-likeness (QED) is 0.572. The molecule has 4 aromatic rings. The molecule has 0 fully saturated rings. The van der Waals surface area contributed by atoms with E-state index in [9.17, 15) is 9.90 Å². The summed E-state index contributed by atoms with van der Waals surface area (Å²) in [6, 6.07) is 19.0. The fourth-order valence-corrected chi connectivity index (χ4v) is 3.27.